The monoisotopic (exact) mass is 414 g/mol. The molecule has 0 spiro atoms. The molecule has 10 heteroatoms. The Kier molecular flexibility index (Phi) is 4.92. The molecule has 0 radical (unpaired) electrons. The van der Waals surface area contributed by atoms with Crippen LogP contribution in [0.5, 0.6) is 0 Å². The van der Waals surface area contributed by atoms with Crippen LogP contribution in [0.1, 0.15) is 27.6 Å². The van der Waals surface area contributed by atoms with Gasteiger partial charge in [-0.25, -0.2) is 22.5 Å². The second-order valence-electron chi connectivity index (χ2n) is 5.55. The predicted octanol–water partition coefficient (Wildman–Crippen LogP) is 2.78. The number of hydrogen-bond acceptors (Lipinski definition) is 6. The van der Waals surface area contributed by atoms with E-state index in [1.54, 1.807) is 6.07 Å². The van der Waals surface area contributed by atoms with Gasteiger partial charge in [-0.05, 0) is 31.2 Å². The maximum Gasteiger partial charge on any atom is 0.338 e. The fourth-order valence-corrected chi connectivity index (χ4v) is 4.62. The Balaban J connectivity index is 1.75. The highest BCUT2D eigenvalue weighted by Crippen LogP contribution is 2.30. The van der Waals surface area contributed by atoms with Crippen LogP contribution in [0.4, 0.5) is 0 Å². The SMILES string of the molecule is CC(CN1C(=O)c2ccccc2S1(=O)=O)OC(=O)c1cc(Cl)nc(Cl)c1. The Bertz CT molecular complexity index is 989. The molecule has 0 aliphatic carbocycles. The van der Waals surface area contributed by atoms with E-state index in [0.717, 1.165) is 0 Å². The molecule has 1 atom stereocenters. The summed E-state index contributed by atoms with van der Waals surface area (Å²) < 4.78 is 30.9. The number of carbonyl (C=O) groups excluding carboxylic acids is 2. The zero-order valence-electron chi connectivity index (χ0n) is 13.3. The van der Waals surface area contributed by atoms with Gasteiger partial charge in [-0.1, -0.05) is 35.3 Å². The minimum atomic E-state index is -3.96. The first kappa shape index (κ1) is 18.6. The van der Waals surface area contributed by atoms with E-state index in [0.29, 0.717) is 4.31 Å². The molecule has 2 aromatic rings. The number of aromatic nitrogens is 1. The van der Waals surface area contributed by atoms with Crippen molar-refractivity contribution in [1.82, 2.24) is 9.29 Å². The summed E-state index contributed by atoms with van der Waals surface area (Å²) in [5.74, 6) is -1.41. The van der Waals surface area contributed by atoms with Gasteiger partial charge >= 0.3 is 5.97 Å². The molecule has 1 aromatic heterocycles. The van der Waals surface area contributed by atoms with Gasteiger partial charge in [0.15, 0.2) is 0 Å². The van der Waals surface area contributed by atoms with Crippen molar-refractivity contribution >= 4 is 45.1 Å². The summed E-state index contributed by atoms with van der Waals surface area (Å²) in [6.45, 7) is 1.17. The van der Waals surface area contributed by atoms with Crippen LogP contribution < -0.4 is 0 Å². The average molecular weight is 415 g/mol. The Labute approximate surface area is 159 Å². The number of benzene rings is 1. The summed E-state index contributed by atoms with van der Waals surface area (Å²) in [5.41, 5.74) is 0.166. The normalized spacial score (nSPS) is 16.3. The smallest absolute Gasteiger partial charge is 0.338 e. The van der Waals surface area contributed by atoms with Gasteiger partial charge in [-0.2, -0.15) is 0 Å². The molecule has 1 aliphatic heterocycles. The van der Waals surface area contributed by atoms with Gasteiger partial charge in [-0.3, -0.25) is 4.79 Å². The van der Waals surface area contributed by atoms with Crippen LogP contribution >= 0.6 is 23.2 Å². The lowest BCUT2D eigenvalue weighted by Gasteiger charge is -2.20. The number of amides is 1. The van der Waals surface area contributed by atoms with Gasteiger partial charge in [0.1, 0.15) is 21.3 Å². The molecule has 0 saturated carbocycles. The van der Waals surface area contributed by atoms with Crippen molar-refractivity contribution < 1.29 is 22.7 Å². The van der Waals surface area contributed by atoms with Crippen molar-refractivity contribution in [3.63, 3.8) is 0 Å². The molecular formula is C16H12Cl2N2O5S. The average Bonchev–Trinajstić information content (AvgIpc) is 2.75. The van der Waals surface area contributed by atoms with E-state index < -0.39 is 28.0 Å². The molecule has 1 aromatic carbocycles. The fourth-order valence-electron chi connectivity index (χ4n) is 2.52. The maximum atomic E-state index is 12.5. The largest absolute Gasteiger partial charge is 0.457 e. The summed E-state index contributed by atoms with van der Waals surface area (Å²) in [6, 6.07) is 8.46. The number of fused-ring (bicyclic) bond motifs is 1. The molecule has 7 nitrogen and oxygen atoms in total. The summed E-state index contributed by atoms with van der Waals surface area (Å²) in [4.78, 5) is 28.2. The molecular weight excluding hydrogens is 403 g/mol. The van der Waals surface area contributed by atoms with E-state index in [-0.39, 0.29) is 32.9 Å². The van der Waals surface area contributed by atoms with Crippen LogP contribution in [0.15, 0.2) is 41.3 Å². The van der Waals surface area contributed by atoms with Crippen molar-refractivity contribution in [2.45, 2.75) is 17.9 Å². The highest BCUT2D eigenvalue weighted by molar-refractivity contribution is 7.90. The molecule has 1 aliphatic rings. The molecule has 136 valence electrons. The predicted molar refractivity (Wildman–Crippen MR) is 93.8 cm³/mol. The Morgan fingerprint density at radius 1 is 1.23 bits per heavy atom. The van der Waals surface area contributed by atoms with Crippen LogP contribution in [0, 0.1) is 0 Å². The molecule has 3 rings (SSSR count). The number of rotatable bonds is 4. The Morgan fingerprint density at radius 3 is 2.46 bits per heavy atom. The van der Waals surface area contributed by atoms with Crippen LogP contribution in [0.25, 0.3) is 0 Å². The molecule has 2 heterocycles. The number of ether oxygens (including phenoxy) is 1. The van der Waals surface area contributed by atoms with Gasteiger partial charge in [0.25, 0.3) is 15.9 Å². The van der Waals surface area contributed by atoms with Crippen LogP contribution in [-0.2, 0) is 14.8 Å². The summed E-state index contributed by atoms with van der Waals surface area (Å²) in [6.07, 6.45) is -0.888. The summed E-state index contributed by atoms with van der Waals surface area (Å²) >= 11 is 11.5. The van der Waals surface area contributed by atoms with Gasteiger partial charge in [0.05, 0.1) is 17.7 Å². The van der Waals surface area contributed by atoms with Crippen molar-refractivity contribution in [1.29, 1.82) is 0 Å². The number of hydrogen-bond donors (Lipinski definition) is 0. The Hall–Kier alpha value is -2.16. The van der Waals surface area contributed by atoms with Gasteiger partial charge in [0.2, 0.25) is 0 Å². The van der Waals surface area contributed by atoms with Gasteiger partial charge in [-0.15, -0.1) is 0 Å². The number of sulfonamides is 1. The fraction of sp³-hybridized carbons (Fsp3) is 0.188. The van der Waals surface area contributed by atoms with Crippen LogP contribution in [-0.4, -0.2) is 42.2 Å². The first-order chi connectivity index (χ1) is 12.2. The summed E-state index contributed by atoms with van der Waals surface area (Å²) in [5, 5.41) is 0.0368. The number of esters is 1. The number of nitrogens with zero attached hydrogens (tertiary/aromatic N) is 2. The topological polar surface area (TPSA) is 93.6 Å². The second-order valence-corrected chi connectivity index (χ2v) is 8.16. The quantitative estimate of drug-likeness (QED) is 0.563. The Morgan fingerprint density at radius 2 is 1.85 bits per heavy atom. The van der Waals surface area contributed by atoms with E-state index in [2.05, 4.69) is 4.98 Å². The third-order valence-electron chi connectivity index (χ3n) is 3.64. The van der Waals surface area contributed by atoms with Gasteiger partial charge in [0, 0.05) is 0 Å². The lowest BCUT2D eigenvalue weighted by atomic mass is 10.2. The highest BCUT2D eigenvalue weighted by atomic mass is 35.5. The van der Waals surface area contributed by atoms with Crippen molar-refractivity contribution in [2.24, 2.45) is 0 Å². The minimum absolute atomic E-state index is 0.0184. The zero-order chi connectivity index (χ0) is 19.1. The lowest BCUT2D eigenvalue weighted by Crippen LogP contribution is -2.37. The van der Waals surface area contributed by atoms with Crippen molar-refractivity contribution in [3.05, 3.63) is 57.8 Å². The first-order valence-corrected chi connectivity index (χ1v) is 9.60. The third kappa shape index (κ3) is 3.40. The van der Waals surface area contributed by atoms with E-state index in [4.69, 9.17) is 27.9 Å². The first-order valence-electron chi connectivity index (χ1n) is 7.40. The van der Waals surface area contributed by atoms with E-state index in [9.17, 15) is 18.0 Å². The van der Waals surface area contributed by atoms with Crippen molar-refractivity contribution in [2.75, 3.05) is 6.54 Å². The van der Waals surface area contributed by atoms with Crippen LogP contribution in [0.2, 0.25) is 10.3 Å². The van der Waals surface area contributed by atoms with E-state index >= 15 is 0 Å². The number of carbonyl (C=O) groups is 2. The molecule has 26 heavy (non-hydrogen) atoms. The molecule has 1 unspecified atom stereocenters. The highest BCUT2D eigenvalue weighted by Gasteiger charge is 2.41. The standard InChI is InChI=1S/C16H12Cl2N2O5S/c1-9(25-16(22)10-6-13(17)19-14(18)7-10)8-20-15(21)11-4-2-3-5-12(11)26(20,23)24/h2-7,9H,8H2,1H3. The van der Waals surface area contributed by atoms with Crippen molar-refractivity contribution in [3.8, 4) is 0 Å². The molecule has 0 saturated heterocycles. The molecule has 1 amide bonds. The summed E-state index contributed by atoms with van der Waals surface area (Å²) in [7, 11) is -3.96. The van der Waals surface area contributed by atoms with Gasteiger partial charge < -0.3 is 4.74 Å². The zero-order valence-corrected chi connectivity index (χ0v) is 15.7. The van der Waals surface area contributed by atoms with Crippen LogP contribution in [0.3, 0.4) is 0 Å². The van der Waals surface area contributed by atoms with E-state index in [1.807, 2.05) is 0 Å². The van der Waals surface area contributed by atoms with E-state index in [1.165, 1.54) is 37.3 Å². The molecule has 0 fully saturated rings. The second kappa shape index (κ2) is 6.86. The maximum absolute atomic E-state index is 12.5. The third-order valence-corrected chi connectivity index (χ3v) is 5.84. The number of pyridine rings is 1. The lowest BCUT2D eigenvalue weighted by molar-refractivity contribution is 0.0296. The molecule has 0 N–H and O–H groups in total. The number of halogens is 2. The minimum Gasteiger partial charge on any atom is -0.457 e. The molecule has 0 bridgehead atoms.